The van der Waals surface area contributed by atoms with Crippen LogP contribution in [0.1, 0.15) is 19.7 Å². The van der Waals surface area contributed by atoms with Crippen molar-refractivity contribution in [1.29, 1.82) is 0 Å². The summed E-state index contributed by atoms with van der Waals surface area (Å²) in [6, 6.07) is 5.99. The lowest BCUT2D eigenvalue weighted by Gasteiger charge is -2.39. The number of nitrogens with zero attached hydrogens (tertiary/aromatic N) is 5. The van der Waals surface area contributed by atoms with E-state index in [4.69, 9.17) is 4.74 Å². The van der Waals surface area contributed by atoms with Crippen LogP contribution in [0.2, 0.25) is 0 Å². The molecule has 0 saturated carbocycles. The van der Waals surface area contributed by atoms with Crippen molar-refractivity contribution < 1.29 is 17.9 Å². The summed E-state index contributed by atoms with van der Waals surface area (Å²) in [4.78, 5) is 12.5. The van der Waals surface area contributed by atoms with Gasteiger partial charge in [-0.15, -0.1) is 24.0 Å². The molecule has 12 heteroatoms. The number of methoxy groups -OCH3 is 1. The van der Waals surface area contributed by atoms with E-state index in [1.165, 1.54) is 11.8 Å². The Kier molecular flexibility index (Phi) is 9.55. The number of halogens is 4. The molecule has 32 heavy (non-hydrogen) atoms. The van der Waals surface area contributed by atoms with Crippen molar-refractivity contribution in [3.63, 3.8) is 0 Å². The fourth-order valence-electron chi connectivity index (χ4n) is 3.34. The second-order valence-electron chi connectivity index (χ2n) is 7.24. The highest BCUT2D eigenvalue weighted by molar-refractivity contribution is 14.0. The van der Waals surface area contributed by atoms with E-state index >= 15 is 0 Å². The zero-order valence-corrected chi connectivity index (χ0v) is 20.6. The molecule has 1 saturated heterocycles. The van der Waals surface area contributed by atoms with Crippen LogP contribution >= 0.6 is 24.0 Å². The average Bonchev–Trinajstić information content (AvgIpc) is 3.25. The number of hydrogen-bond acceptors (Lipinski definition) is 5. The van der Waals surface area contributed by atoms with Gasteiger partial charge in [-0.05, 0) is 38.1 Å². The highest BCUT2D eigenvalue weighted by Crippen LogP contribution is 2.25. The molecule has 2 heterocycles. The standard InChI is InChI=1S/C20H28F3N7O.HI/c1-4-24-19(30-11-9-29(10-12-30)14(2)20(21,22)23)25-13-17-26-18(28-27-17)15-5-7-16(31-3)8-6-15;/h5-8,14H,4,9-13H2,1-3H3,(H,24,25)(H,26,27,28);1H. The van der Waals surface area contributed by atoms with E-state index in [2.05, 4.69) is 25.5 Å². The number of aliphatic imine (C=N–C) groups is 1. The first kappa shape index (κ1) is 26.2. The van der Waals surface area contributed by atoms with E-state index in [1.54, 1.807) is 7.11 Å². The number of aromatic nitrogens is 3. The van der Waals surface area contributed by atoms with Crippen LogP contribution < -0.4 is 10.1 Å². The Bertz CT molecular complexity index is 865. The second-order valence-corrected chi connectivity index (χ2v) is 7.24. The van der Waals surface area contributed by atoms with Gasteiger partial charge in [-0.25, -0.2) is 9.98 Å². The fourth-order valence-corrected chi connectivity index (χ4v) is 3.34. The molecule has 0 radical (unpaired) electrons. The van der Waals surface area contributed by atoms with Gasteiger partial charge < -0.3 is 15.0 Å². The van der Waals surface area contributed by atoms with Crippen molar-refractivity contribution in [3.8, 4) is 17.1 Å². The summed E-state index contributed by atoms with van der Waals surface area (Å²) in [5, 5.41) is 10.3. The number of ether oxygens (including phenoxy) is 1. The topological polar surface area (TPSA) is 81.7 Å². The molecule has 1 unspecified atom stereocenters. The number of rotatable bonds is 6. The smallest absolute Gasteiger partial charge is 0.403 e. The Morgan fingerprint density at radius 1 is 1.22 bits per heavy atom. The lowest BCUT2D eigenvalue weighted by molar-refractivity contribution is -0.181. The molecule has 0 spiro atoms. The minimum absolute atomic E-state index is 0. The lowest BCUT2D eigenvalue weighted by atomic mass is 10.2. The summed E-state index contributed by atoms with van der Waals surface area (Å²) < 4.78 is 44.1. The van der Waals surface area contributed by atoms with Crippen LogP contribution in [0.3, 0.4) is 0 Å². The van der Waals surface area contributed by atoms with Crippen LogP contribution in [0.4, 0.5) is 13.2 Å². The third-order valence-electron chi connectivity index (χ3n) is 5.23. The highest BCUT2D eigenvalue weighted by atomic mass is 127. The Balaban J connectivity index is 0.00000363. The minimum atomic E-state index is -4.21. The van der Waals surface area contributed by atoms with Gasteiger partial charge in [0, 0.05) is 38.3 Å². The van der Waals surface area contributed by atoms with Crippen molar-refractivity contribution in [1.82, 2.24) is 30.3 Å². The molecule has 1 aliphatic heterocycles. The van der Waals surface area contributed by atoms with Gasteiger partial charge in [0.1, 0.15) is 24.2 Å². The molecule has 178 valence electrons. The first-order chi connectivity index (χ1) is 14.8. The lowest BCUT2D eigenvalue weighted by Crippen LogP contribution is -2.56. The first-order valence-electron chi connectivity index (χ1n) is 10.2. The molecule has 1 atom stereocenters. The van der Waals surface area contributed by atoms with Crippen molar-refractivity contribution in [3.05, 3.63) is 30.1 Å². The van der Waals surface area contributed by atoms with Crippen molar-refractivity contribution >= 4 is 29.9 Å². The predicted molar refractivity (Wildman–Crippen MR) is 127 cm³/mol. The monoisotopic (exact) mass is 567 g/mol. The molecule has 0 bridgehead atoms. The SMILES string of the molecule is CCNC(=NCc1nc(-c2ccc(OC)cc2)n[nH]1)N1CCN(C(C)C(F)(F)F)CC1.I. The summed E-state index contributed by atoms with van der Waals surface area (Å²) >= 11 is 0. The molecule has 0 amide bonds. The van der Waals surface area contributed by atoms with Gasteiger partial charge >= 0.3 is 6.18 Å². The molecular weight excluding hydrogens is 538 g/mol. The van der Waals surface area contributed by atoms with E-state index in [0.717, 1.165) is 11.3 Å². The number of hydrogen-bond donors (Lipinski definition) is 2. The molecule has 1 aromatic heterocycles. The van der Waals surface area contributed by atoms with E-state index < -0.39 is 12.2 Å². The molecular formula is C20H29F3IN7O. The van der Waals surface area contributed by atoms with Gasteiger partial charge in [0.25, 0.3) is 0 Å². The number of guanidine groups is 1. The van der Waals surface area contributed by atoms with E-state index in [9.17, 15) is 13.2 Å². The second kappa shape index (κ2) is 11.7. The van der Waals surface area contributed by atoms with Crippen LogP contribution in [0.25, 0.3) is 11.4 Å². The van der Waals surface area contributed by atoms with E-state index in [0.29, 0.717) is 50.3 Å². The number of H-pyrrole nitrogens is 1. The Morgan fingerprint density at radius 2 is 1.88 bits per heavy atom. The van der Waals surface area contributed by atoms with Crippen molar-refractivity contribution in [2.75, 3.05) is 39.8 Å². The normalized spacial score (nSPS) is 16.4. The van der Waals surface area contributed by atoms with Crippen molar-refractivity contribution in [2.24, 2.45) is 4.99 Å². The molecule has 1 fully saturated rings. The van der Waals surface area contributed by atoms with Gasteiger partial charge in [-0.3, -0.25) is 10.00 Å². The van der Waals surface area contributed by atoms with Gasteiger partial charge in [-0.2, -0.15) is 18.3 Å². The zero-order valence-electron chi connectivity index (χ0n) is 18.3. The summed E-state index contributed by atoms with van der Waals surface area (Å²) in [7, 11) is 1.61. The van der Waals surface area contributed by atoms with Gasteiger partial charge in [-0.1, -0.05) is 0 Å². The predicted octanol–water partition coefficient (Wildman–Crippen LogP) is 3.13. The fraction of sp³-hybridized carbons (Fsp3) is 0.550. The van der Waals surface area contributed by atoms with Gasteiger partial charge in [0.05, 0.1) is 7.11 Å². The maximum Gasteiger partial charge on any atom is 0.403 e. The molecule has 8 nitrogen and oxygen atoms in total. The third kappa shape index (κ3) is 6.70. The minimum Gasteiger partial charge on any atom is -0.497 e. The Morgan fingerprint density at radius 3 is 2.44 bits per heavy atom. The van der Waals surface area contributed by atoms with Crippen LogP contribution in [0.15, 0.2) is 29.3 Å². The summed E-state index contributed by atoms with van der Waals surface area (Å²) in [5.74, 6) is 2.58. The molecule has 1 aromatic carbocycles. The molecule has 2 aromatic rings. The summed E-state index contributed by atoms with van der Waals surface area (Å²) in [6.45, 7) is 5.70. The summed E-state index contributed by atoms with van der Waals surface area (Å²) in [6.07, 6.45) is -4.21. The molecule has 1 aliphatic rings. The van der Waals surface area contributed by atoms with Gasteiger partial charge in [0.2, 0.25) is 0 Å². The number of alkyl halides is 3. The first-order valence-corrected chi connectivity index (χ1v) is 10.2. The number of piperazine rings is 1. The number of aromatic amines is 1. The average molecular weight is 567 g/mol. The largest absolute Gasteiger partial charge is 0.497 e. The maximum atomic E-state index is 13.0. The van der Waals surface area contributed by atoms with Crippen LogP contribution in [-0.2, 0) is 6.54 Å². The summed E-state index contributed by atoms with van der Waals surface area (Å²) in [5.41, 5.74) is 0.856. The highest BCUT2D eigenvalue weighted by Gasteiger charge is 2.41. The molecule has 3 rings (SSSR count). The van der Waals surface area contributed by atoms with Gasteiger partial charge in [0.15, 0.2) is 11.8 Å². The Labute approximate surface area is 202 Å². The third-order valence-corrected chi connectivity index (χ3v) is 5.23. The maximum absolute atomic E-state index is 13.0. The molecule has 2 N–H and O–H groups in total. The van der Waals surface area contributed by atoms with Crippen LogP contribution in [0.5, 0.6) is 5.75 Å². The molecule has 0 aliphatic carbocycles. The van der Waals surface area contributed by atoms with Crippen LogP contribution in [-0.4, -0.2) is 83.0 Å². The van der Waals surface area contributed by atoms with E-state index in [1.807, 2.05) is 36.1 Å². The Hall–Kier alpha value is -2.09. The zero-order chi connectivity index (χ0) is 22.4. The van der Waals surface area contributed by atoms with Crippen LogP contribution in [0, 0.1) is 0 Å². The van der Waals surface area contributed by atoms with E-state index in [-0.39, 0.29) is 30.5 Å². The van der Waals surface area contributed by atoms with Crippen molar-refractivity contribution in [2.45, 2.75) is 32.6 Å². The number of nitrogens with one attached hydrogen (secondary N) is 2. The number of benzene rings is 1. The quantitative estimate of drug-likeness (QED) is 0.317.